The molecule has 0 aromatic heterocycles. The van der Waals surface area contributed by atoms with E-state index in [4.69, 9.17) is 17.0 Å². The number of rotatable bonds is 4. The van der Waals surface area contributed by atoms with Gasteiger partial charge in [-0.05, 0) is 50.2 Å². The summed E-state index contributed by atoms with van der Waals surface area (Å²) in [6.45, 7) is 2.24. The van der Waals surface area contributed by atoms with Crippen molar-refractivity contribution in [1.82, 2.24) is 10.6 Å². The van der Waals surface area contributed by atoms with Crippen LogP contribution in [-0.2, 0) is 4.74 Å². The number of thiocarbonyl (C=S) groups is 1. The predicted molar refractivity (Wildman–Crippen MR) is 114 cm³/mol. The fraction of sp³-hybridized carbons (Fsp3) is 0.409. The van der Waals surface area contributed by atoms with E-state index < -0.39 is 5.54 Å². The molecule has 1 aliphatic carbocycles. The average Bonchev–Trinajstić information content (AvgIpc) is 2.75. The van der Waals surface area contributed by atoms with Gasteiger partial charge in [0.05, 0.1) is 24.3 Å². The molecule has 1 amide bonds. The molecule has 1 fully saturated rings. The molecule has 0 saturated carbocycles. The number of ether oxygens (including phenoxy) is 1. The van der Waals surface area contributed by atoms with Gasteiger partial charge in [-0.25, -0.2) is 0 Å². The maximum Gasteiger partial charge on any atom is 0.257 e. The summed E-state index contributed by atoms with van der Waals surface area (Å²) in [5.74, 6) is -0.565. The van der Waals surface area contributed by atoms with Crippen molar-refractivity contribution in [3.8, 4) is 6.07 Å². The van der Waals surface area contributed by atoms with E-state index in [1.54, 1.807) is 30.3 Å². The van der Waals surface area contributed by atoms with Gasteiger partial charge in [-0.3, -0.25) is 10.1 Å². The molecule has 1 aromatic carbocycles. The molecule has 7 heteroatoms. The summed E-state index contributed by atoms with van der Waals surface area (Å²) >= 11 is 5.46. The fourth-order valence-corrected chi connectivity index (χ4v) is 4.36. The number of nitrogens with zero attached hydrogens (tertiary/aromatic N) is 1. The maximum atomic E-state index is 12.5. The van der Waals surface area contributed by atoms with Crippen LogP contribution in [0.4, 0.5) is 0 Å². The SMILES string of the molecule is CC1CC(CO)C(NC(=S)NC(=O)c2ccccc2)(C2C=CC=C(C#N)C2)CO1. The number of hydrogen-bond donors (Lipinski definition) is 3. The van der Waals surface area contributed by atoms with Gasteiger partial charge >= 0.3 is 0 Å². The van der Waals surface area contributed by atoms with Gasteiger partial charge in [0.25, 0.3) is 5.91 Å². The topological polar surface area (TPSA) is 94.4 Å². The monoisotopic (exact) mass is 411 g/mol. The third-order valence-corrected chi connectivity index (χ3v) is 5.87. The first-order valence-electron chi connectivity index (χ1n) is 9.67. The zero-order valence-corrected chi connectivity index (χ0v) is 17.1. The normalized spacial score (nSPS) is 28.7. The molecule has 6 nitrogen and oxygen atoms in total. The molecule has 4 atom stereocenters. The molecule has 0 bridgehead atoms. The Morgan fingerprint density at radius 2 is 2.17 bits per heavy atom. The Balaban J connectivity index is 1.83. The Bertz CT molecular complexity index is 862. The van der Waals surface area contributed by atoms with E-state index in [-0.39, 0.29) is 35.6 Å². The van der Waals surface area contributed by atoms with Crippen LogP contribution in [0, 0.1) is 23.2 Å². The van der Waals surface area contributed by atoms with Crippen molar-refractivity contribution in [3.05, 3.63) is 59.7 Å². The molecule has 3 N–H and O–H groups in total. The molecule has 3 rings (SSSR count). The second-order valence-electron chi connectivity index (χ2n) is 7.55. The summed E-state index contributed by atoms with van der Waals surface area (Å²) in [5.41, 5.74) is 0.438. The minimum absolute atomic E-state index is 0.00751. The Hall–Kier alpha value is -2.53. The summed E-state index contributed by atoms with van der Waals surface area (Å²) in [7, 11) is 0. The minimum Gasteiger partial charge on any atom is -0.396 e. The number of nitriles is 1. The summed E-state index contributed by atoms with van der Waals surface area (Å²) in [6, 6.07) is 11.0. The number of hydrogen-bond acceptors (Lipinski definition) is 5. The van der Waals surface area contributed by atoms with Gasteiger partial charge in [-0.1, -0.05) is 30.4 Å². The highest BCUT2D eigenvalue weighted by molar-refractivity contribution is 7.80. The first-order chi connectivity index (χ1) is 14.0. The smallest absolute Gasteiger partial charge is 0.257 e. The summed E-state index contributed by atoms with van der Waals surface area (Å²) in [5, 5.41) is 25.7. The molecule has 0 radical (unpaired) electrons. The van der Waals surface area contributed by atoms with Crippen molar-refractivity contribution in [2.45, 2.75) is 31.4 Å². The van der Waals surface area contributed by atoms with Gasteiger partial charge in [0.15, 0.2) is 5.11 Å². The van der Waals surface area contributed by atoms with E-state index in [0.717, 1.165) is 0 Å². The molecular formula is C22H25N3O3S. The van der Waals surface area contributed by atoms with E-state index in [1.807, 2.05) is 25.1 Å². The van der Waals surface area contributed by atoms with Crippen molar-refractivity contribution >= 4 is 23.2 Å². The highest BCUT2D eigenvalue weighted by Crippen LogP contribution is 2.40. The largest absolute Gasteiger partial charge is 0.396 e. The molecule has 0 spiro atoms. The Morgan fingerprint density at radius 3 is 2.86 bits per heavy atom. The molecule has 1 aromatic rings. The minimum atomic E-state index is -0.727. The average molecular weight is 412 g/mol. The molecule has 1 heterocycles. The molecule has 29 heavy (non-hydrogen) atoms. The number of aliphatic hydroxyl groups is 1. The summed E-state index contributed by atoms with van der Waals surface area (Å²) < 4.78 is 5.96. The number of allylic oxidation sites excluding steroid dienone is 3. The van der Waals surface area contributed by atoms with Crippen LogP contribution < -0.4 is 10.6 Å². The lowest BCUT2D eigenvalue weighted by atomic mass is 9.68. The van der Waals surface area contributed by atoms with Crippen LogP contribution in [-0.4, -0.2) is 41.0 Å². The predicted octanol–water partition coefficient (Wildman–Crippen LogP) is 2.47. The molecular weight excluding hydrogens is 386 g/mol. The lowest BCUT2D eigenvalue weighted by molar-refractivity contribution is -0.0863. The van der Waals surface area contributed by atoms with Crippen LogP contribution in [0.5, 0.6) is 0 Å². The maximum absolute atomic E-state index is 12.5. The van der Waals surface area contributed by atoms with Crippen LogP contribution in [0.15, 0.2) is 54.1 Å². The zero-order valence-electron chi connectivity index (χ0n) is 16.3. The first kappa shape index (κ1) is 21.2. The Kier molecular flexibility index (Phi) is 6.80. The molecule has 1 aliphatic heterocycles. The highest BCUT2D eigenvalue weighted by Gasteiger charge is 2.49. The second kappa shape index (κ2) is 9.31. The van der Waals surface area contributed by atoms with Gasteiger partial charge in [0.2, 0.25) is 0 Å². The highest BCUT2D eigenvalue weighted by atomic mass is 32.1. The molecule has 1 saturated heterocycles. The van der Waals surface area contributed by atoms with Crippen molar-refractivity contribution in [2.75, 3.05) is 13.2 Å². The number of carbonyl (C=O) groups excluding carboxylic acids is 1. The first-order valence-corrected chi connectivity index (χ1v) is 10.1. The molecule has 2 aliphatic rings. The van der Waals surface area contributed by atoms with E-state index in [0.29, 0.717) is 30.6 Å². The third kappa shape index (κ3) is 4.73. The van der Waals surface area contributed by atoms with Crippen molar-refractivity contribution < 1.29 is 14.6 Å². The Labute approximate surface area is 176 Å². The summed E-state index contributed by atoms with van der Waals surface area (Å²) in [6.07, 6.45) is 6.83. The van der Waals surface area contributed by atoms with Gasteiger partial charge in [0, 0.05) is 29.6 Å². The number of benzene rings is 1. The zero-order chi connectivity index (χ0) is 20.9. The second-order valence-corrected chi connectivity index (χ2v) is 7.96. The van der Waals surface area contributed by atoms with Crippen molar-refractivity contribution in [3.63, 3.8) is 0 Å². The molecule has 4 unspecified atom stereocenters. The third-order valence-electron chi connectivity index (χ3n) is 5.67. The molecule has 152 valence electrons. The number of carbonyl (C=O) groups is 1. The Morgan fingerprint density at radius 1 is 1.41 bits per heavy atom. The van der Waals surface area contributed by atoms with Crippen LogP contribution >= 0.6 is 12.2 Å². The van der Waals surface area contributed by atoms with E-state index in [9.17, 15) is 15.2 Å². The van der Waals surface area contributed by atoms with E-state index >= 15 is 0 Å². The standard InChI is InChI=1S/C22H25N3O3S/c1-15-10-19(13-26)22(14-28-15,18-9-5-6-16(11-18)12-23)25-21(29)24-20(27)17-7-3-2-4-8-17/h2-9,15,18-19,26H,10-11,13-14H2,1H3,(H2,24,25,27,29). The lowest BCUT2D eigenvalue weighted by Crippen LogP contribution is -2.66. The van der Waals surface area contributed by atoms with Crippen molar-refractivity contribution in [1.29, 1.82) is 5.26 Å². The summed E-state index contributed by atoms with van der Waals surface area (Å²) in [4.78, 5) is 12.5. The lowest BCUT2D eigenvalue weighted by Gasteiger charge is -2.50. The van der Waals surface area contributed by atoms with Crippen LogP contribution in [0.1, 0.15) is 30.1 Å². The van der Waals surface area contributed by atoms with Crippen LogP contribution in [0.2, 0.25) is 0 Å². The quantitative estimate of drug-likeness (QED) is 0.659. The number of amides is 1. The van der Waals surface area contributed by atoms with E-state index in [2.05, 4.69) is 16.7 Å². The van der Waals surface area contributed by atoms with Crippen LogP contribution in [0.3, 0.4) is 0 Å². The fourth-order valence-electron chi connectivity index (χ4n) is 4.08. The van der Waals surface area contributed by atoms with E-state index in [1.165, 1.54) is 0 Å². The van der Waals surface area contributed by atoms with Gasteiger partial charge in [-0.2, -0.15) is 5.26 Å². The van der Waals surface area contributed by atoms with Crippen LogP contribution in [0.25, 0.3) is 0 Å². The van der Waals surface area contributed by atoms with Gasteiger partial charge in [0.1, 0.15) is 0 Å². The van der Waals surface area contributed by atoms with Crippen molar-refractivity contribution in [2.24, 2.45) is 11.8 Å². The number of aliphatic hydroxyl groups excluding tert-OH is 1. The van der Waals surface area contributed by atoms with Gasteiger partial charge in [-0.15, -0.1) is 0 Å². The number of nitrogens with one attached hydrogen (secondary N) is 2. The van der Waals surface area contributed by atoms with Gasteiger partial charge < -0.3 is 15.2 Å².